The first-order chi connectivity index (χ1) is 11.2. The summed E-state index contributed by atoms with van der Waals surface area (Å²) in [6.45, 7) is 12.0. The summed E-state index contributed by atoms with van der Waals surface area (Å²) >= 11 is 0. The van der Waals surface area contributed by atoms with Crippen LogP contribution < -0.4 is 0 Å². The number of ether oxygens (including phenoxy) is 1. The van der Waals surface area contributed by atoms with Crippen LogP contribution in [-0.4, -0.2) is 33.2 Å². The molecule has 2 atom stereocenters. The van der Waals surface area contributed by atoms with Gasteiger partial charge in [-0.2, -0.15) is 0 Å². The lowest BCUT2D eigenvalue weighted by molar-refractivity contribution is 0.0445. The molecule has 138 valence electrons. The van der Waals surface area contributed by atoms with E-state index in [-0.39, 0.29) is 17.2 Å². The van der Waals surface area contributed by atoms with Gasteiger partial charge in [-0.15, -0.1) is 0 Å². The number of hydrogen-bond acceptors (Lipinski definition) is 3. The third-order valence-corrected chi connectivity index (χ3v) is 9.71. The van der Waals surface area contributed by atoms with Crippen molar-refractivity contribution in [1.29, 1.82) is 0 Å². The fourth-order valence-corrected chi connectivity index (χ4v) is 3.37. The summed E-state index contributed by atoms with van der Waals surface area (Å²) in [7, 11) is 0.0489. The maximum atomic E-state index is 10.2. The van der Waals surface area contributed by atoms with Crippen molar-refractivity contribution in [3.8, 4) is 0 Å². The van der Waals surface area contributed by atoms with Crippen molar-refractivity contribution in [2.24, 2.45) is 0 Å². The minimum atomic E-state index is -1.71. The van der Waals surface area contributed by atoms with Gasteiger partial charge in [0.05, 0.1) is 18.8 Å². The van der Waals surface area contributed by atoms with Gasteiger partial charge in [0, 0.05) is 7.11 Å². The average Bonchev–Trinajstić information content (AvgIpc) is 2.53. The van der Waals surface area contributed by atoms with Crippen molar-refractivity contribution in [2.75, 3.05) is 13.7 Å². The van der Waals surface area contributed by atoms with Gasteiger partial charge >= 0.3 is 0 Å². The van der Waals surface area contributed by atoms with Crippen LogP contribution in [0.2, 0.25) is 18.1 Å². The number of unbranched alkanes of at least 4 members (excludes halogenated alkanes) is 1. The fraction of sp³-hybridized carbons (Fsp3) is 0.700. The van der Waals surface area contributed by atoms with Crippen LogP contribution in [0.4, 0.5) is 0 Å². The Kier molecular flexibility index (Phi) is 8.64. The van der Waals surface area contributed by atoms with E-state index in [0.717, 1.165) is 31.2 Å². The minimum absolute atomic E-state index is 0.146. The Balaban J connectivity index is 2.29. The molecule has 0 aliphatic heterocycles. The van der Waals surface area contributed by atoms with Crippen LogP contribution in [0.15, 0.2) is 30.3 Å². The summed E-state index contributed by atoms with van der Waals surface area (Å²) in [6, 6.07) is 9.88. The monoisotopic (exact) mass is 352 g/mol. The molecule has 3 nitrogen and oxygen atoms in total. The lowest BCUT2D eigenvalue weighted by atomic mass is 10.0. The molecule has 0 unspecified atom stereocenters. The molecule has 0 aliphatic rings. The van der Waals surface area contributed by atoms with Crippen LogP contribution in [-0.2, 0) is 9.16 Å². The lowest BCUT2D eigenvalue weighted by Crippen LogP contribution is -2.42. The third kappa shape index (κ3) is 7.05. The largest absolute Gasteiger partial charge is 0.414 e. The first-order valence-electron chi connectivity index (χ1n) is 9.07. The fourth-order valence-electron chi connectivity index (χ4n) is 2.34. The first kappa shape index (κ1) is 21.4. The van der Waals surface area contributed by atoms with E-state index in [2.05, 4.69) is 33.9 Å². The Labute approximate surface area is 149 Å². The maximum Gasteiger partial charge on any atom is 0.192 e. The smallest absolute Gasteiger partial charge is 0.192 e. The zero-order valence-corrected chi connectivity index (χ0v) is 17.3. The van der Waals surface area contributed by atoms with Crippen LogP contribution in [0, 0.1) is 0 Å². The number of aliphatic hydroxyl groups is 1. The molecule has 1 N–H and O–H groups in total. The molecule has 0 bridgehead atoms. The molecule has 0 aliphatic carbocycles. The topological polar surface area (TPSA) is 38.7 Å². The number of hydrogen-bond donors (Lipinski definition) is 1. The summed E-state index contributed by atoms with van der Waals surface area (Å²) in [5.41, 5.74) is 1.00. The van der Waals surface area contributed by atoms with Gasteiger partial charge < -0.3 is 14.3 Å². The second-order valence-electron chi connectivity index (χ2n) is 8.14. The normalized spacial score (nSPS) is 15.3. The molecule has 0 fully saturated rings. The van der Waals surface area contributed by atoms with Gasteiger partial charge in [0.25, 0.3) is 0 Å². The SMILES string of the molecule is CO[C@@H](CCCC[C@@H](O)c1ccccc1)CO[Si](C)(C)C(C)(C)C. The number of aliphatic hydroxyl groups excluding tert-OH is 1. The summed E-state index contributed by atoms with van der Waals surface area (Å²) in [6.07, 6.45) is 3.60. The van der Waals surface area contributed by atoms with E-state index < -0.39 is 8.32 Å². The molecule has 24 heavy (non-hydrogen) atoms. The van der Waals surface area contributed by atoms with Crippen LogP contribution in [0.5, 0.6) is 0 Å². The van der Waals surface area contributed by atoms with Gasteiger partial charge in [-0.1, -0.05) is 63.9 Å². The number of benzene rings is 1. The molecule has 1 aromatic carbocycles. The van der Waals surface area contributed by atoms with Crippen LogP contribution in [0.1, 0.15) is 58.1 Å². The van der Waals surface area contributed by atoms with Crippen molar-refractivity contribution in [1.82, 2.24) is 0 Å². The Morgan fingerprint density at radius 3 is 2.17 bits per heavy atom. The van der Waals surface area contributed by atoms with Gasteiger partial charge in [-0.3, -0.25) is 0 Å². The molecule has 4 heteroatoms. The highest BCUT2D eigenvalue weighted by molar-refractivity contribution is 6.74. The quantitative estimate of drug-likeness (QED) is 0.458. The van der Waals surface area contributed by atoms with Gasteiger partial charge in [-0.25, -0.2) is 0 Å². The number of rotatable bonds is 10. The minimum Gasteiger partial charge on any atom is -0.414 e. The molecule has 0 heterocycles. The van der Waals surface area contributed by atoms with E-state index in [4.69, 9.17) is 9.16 Å². The standard InChI is InChI=1S/C20H36O3Si/c1-20(2,3)24(5,6)23-16-18(22-4)14-10-11-15-19(21)17-12-8-7-9-13-17/h7-9,12-13,18-19,21H,10-11,14-16H2,1-6H3/t18-,19+/m0/s1. The zero-order chi connectivity index (χ0) is 18.2. The molecule has 0 aromatic heterocycles. The molecule has 0 amide bonds. The summed E-state index contributed by atoms with van der Waals surface area (Å²) in [5.74, 6) is 0. The van der Waals surface area contributed by atoms with Crippen molar-refractivity contribution >= 4 is 8.32 Å². The zero-order valence-electron chi connectivity index (χ0n) is 16.3. The van der Waals surface area contributed by atoms with E-state index >= 15 is 0 Å². The van der Waals surface area contributed by atoms with E-state index in [1.54, 1.807) is 7.11 Å². The van der Waals surface area contributed by atoms with Crippen LogP contribution in [0.25, 0.3) is 0 Å². The Bertz CT molecular complexity index is 454. The Morgan fingerprint density at radius 2 is 1.62 bits per heavy atom. The maximum absolute atomic E-state index is 10.2. The molecule has 1 aromatic rings. The first-order valence-corrected chi connectivity index (χ1v) is 12.0. The van der Waals surface area contributed by atoms with Crippen molar-refractivity contribution < 1.29 is 14.3 Å². The second kappa shape index (κ2) is 9.71. The van der Waals surface area contributed by atoms with Gasteiger partial charge in [-0.05, 0) is 36.5 Å². The summed E-state index contributed by atoms with van der Waals surface area (Å²) in [4.78, 5) is 0. The van der Waals surface area contributed by atoms with E-state index in [1.807, 2.05) is 30.3 Å². The van der Waals surface area contributed by atoms with E-state index in [0.29, 0.717) is 6.61 Å². The van der Waals surface area contributed by atoms with Crippen molar-refractivity contribution in [3.63, 3.8) is 0 Å². The number of methoxy groups -OCH3 is 1. The molecule has 0 saturated heterocycles. The molecule has 1 rings (SSSR count). The highest BCUT2D eigenvalue weighted by Gasteiger charge is 2.37. The molecule has 0 spiro atoms. The molecule has 0 saturated carbocycles. The van der Waals surface area contributed by atoms with Gasteiger partial charge in [0.1, 0.15) is 0 Å². The predicted octanol–water partition coefficient (Wildman–Crippen LogP) is 5.32. The lowest BCUT2D eigenvalue weighted by Gasteiger charge is -2.37. The van der Waals surface area contributed by atoms with Crippen LogP contribution >= 0.6 is 0 Å². The molecular formula is C20H36O3Si. The Morgan fingerprint density at radius 1 is 1.04 bits per heavy atom. The average molecular weight is 353 g/mol. The van der Waals surface area contributed by atoms with Crippen LogP contribution in [0.3, 0.4) is 0 Å². The summed E-state index contributed by atoms with van der Waals surface area (Å²) in [5, 5.41) is 10.4. The summed E-state index contributed by atoms with van der Waals surface area (Å²) < 4.78 is 11.8. The third-order valence-electron chi connectivity index (χ3n) is 5.21. The molecule has 0 radical (unpaired) electrons. The van der Waals surface area contributed by atoms with Crippen molar-refractivity contribution in [3.05, 3.63) is 35.9 Å². The van der Waals surface area contributed by atoms with Gasteiger partial charge in [0.15, 0.2) is 8.32 Å². The van der Waals surface area contributed by atoms with E-state index in [1.165, 1.54) is 0 Å². The molecular weight excluding hydrogens is 316 g/mol. The second-order valence-corrected chi connectivity index (χ2v) is 12.9. The predicted molar refractivity (Wildman–Crippen MR) is 104 cm³/mol. The highest BCUT2D eigenvalue weighted by atomic mass is 28.4. The van der Waals surface area contributed by atoms with Gasteiger partial charge in [0.2, 0.25) is 0 Å². The highest BCUT2D eigenvalue weighted by Crippen LogP contribution is 2.36. The van der Waals surface area contributed by atoms with Crippen molar-refractivity contribution in [2.45, 2.75) is 76.8 Å². The Hall–Kier alpha value is -0.683. The van der Waals surface area contributed by atoms with E-state index in [9.17, 15) is 5.11 Å².